The summed E-state index contributed by atoms with van der Waals surface area (Å²) in [6, 6.07) is 20.2. The number of anilines is 1. The van der Waals surface area contributed by atoms with Crippen LogP contribution in [-0.2, 0) is 32.2 Å². The Morgan fingerprint density at radius 1 is 0.689 bits per heavy atom. The Labute approximate surface area is 351 Å². The number of fused-ring (bicyclic) bond motifs is 2. The van der Waals surface area contributed by atoms with Gasteiger partial charge in [0.15, 0.2) is 0 Å². The van der Waals surface area contributed by atoms with Crippen LogP contribution in [0.3, 0.4) is 0 Å². The van der Waals surface area contributed by atoms with Crippen molar-refractivity contribution in [2.45, 2.75) is 75.8 Å². The molecule has 0 radical (unpaired) electrons. The number of hydrogen-bond acceptors (Lipinski definition) is 9. The van der Waals surface area contributed by atoms with Gasteiger partial charge in [-0.1, -0.05) is 30.3 Å². The van der Waals surface area contributed by atoms with Crippen LogP contribution in [0.15, 0.2) is 66.7 Å². The number of carbonyl (C=O) groups is 4. The quantitative estimate of drug-likeness (QED) is 0.0892. The van der Waals surface area contributed by atoms with E-state index in [9.17, 15) is 29.4 Å². The minimum atomic E-state index is -1.22. The van der Waals surface area contributed by atoms with Crippen molar-refractivity contribution in [1.82, 2.24) is 40.4 Å². The number of amides is 4. The van der Waals surface area contributed by atoms with E-state index in [1.165, 1.54) is 0 Å². The Bertz CT molecular complexity index is 2250. The van der Waals surface area contributed by atoms with Crippen LogP contribution in [0.2, 0.25) is 0 Å². The fourth-order valence-electron chi connectivity index (χ4n) is 9.62. The maximum atomic E-state index is 13.8. The molecule has 3 aromatic carbocycles. The molecule has 0 bridgehead atoms. The fraction of sp³-hybridized carbons (Fsp3) is 0.455. The highest BCUT2D eigenvalue weighted by Crippen LogP contribution is 2.36. The van der Waals surface area contributed by atoms with Gasteiger partial charge in [-0.2, -0.15) is 0 Å². The van der Waals surface area contributed by atoms with E-state index < -0.39 is 24.3 Å². The number of carboxylic acid groups (broad SMARTS) is 2. The molecule has 0 spiro atoms. The van der Waals surface area contributed by atoms with Crippen LogP contribution >= 0.6 is 0 Å². The smallest absolute Gasteiger partial charge is 0.405 e. The molecule has 9 rings (SSSR count). The monoisotopic (exact) mass is 833 g/mol. The standard InChI is InChI=1S/C44H51N9O8/c54-41(37(49-43(56)57)28-14-18-60-24-28)52-16-4-8-35(52)39-45-31-12-10-26(20-33(31)47-39)22-51(30-6-2-1-3-7-30)23-27-11-13-32-34(21-27)48-40(46-32)36-9-5-17-53(36)42(55)38(50-44(58)59)29-15-19-61-25-29/h1-3,6-7,10-13,20-21,28-29,35-38,49-50H,4-5,8-9,14-19,22-25H2,(H,45,47)(H,46,48)(H,56,57)(H,58,59)/t28-,29?,35-,36?,37-,38?/m0/s1. The molecule has 4 fully saturated rings. The van der Waals surface area contributed by atoms with Crippen molar-refractivity contribution in [3.8, 4) is 0 Å². The van der Waals surface area contributed by atoms with Gasteiger partial charge in [0.1, 0.15) is 23.7 Å². The highest BCUT2D eigenvalue weighted by Gasteiger charge is 2.42. The molecular weight excluding hydrogens is 783 g/mol. The van der Waals surface area contributed by atoms with Gasteiger partial charge in [0.05, 0.1) is 47.4 Å². The molecule has 2 aromatic heterocycles. The second-order valence-electron chi connectivity index (χ2n) is 16.6. The largest absolute Gasteiger partial charge is 0.465 e. The van der Waals surface area contributed by atoms with Gasteiger partial charge in [0, 0.05) is 56.9 Å². The number of benzene rings is 3. The predicted molar refractivity (Wildman–Crippen MR) is 224 cm³/mol. The van der Waals surface area contributed by atoms with Crippen molar-refractivity contribution in [2.75, 3.05) is 44.4 Å². The SMILES string of the molecule is O=C(O)NC(C(=O)N1CCCC1c1nc2cc(CN(Cc3ccc4[nH]c([C@@H]5CCCN5C(=O)[C@@H](NC(=O)O)[C@H]5CCOC5)nc4c3)c3ccccc3)ccc2[nH]1)C1CCOC1. The topological polar surface area (TPSA) is 218 Å². The zero-order valence-electron chi connectivity index (χ0n) is 33.8. The third kappa shape index (κ3) is 8.57. The number of hydrogen-bond donors (Lipinski definition) is 6. The Morgan fingerprint density at radius 2 is 1.16 bits per heavy atom. The number of para-hydroxylation sites is 1. The summed E-state index contributed by atoms with van der Waals surface area (Å²) in [6.45, 7) is 3.92. The second kappa shape index (κ2) is 17.4. The molecule has 0 saturated carbocycles. The molecule has 320 valence electrons. The maximum absolute atomic E-state index is 13.8. The van der Waals surface area contributed by atoms with Crippen LogP contribution < -0.4 is 15.5 Å². The van der Waals surface area contributed by atoms with Gasteiger partial charge in [-0.3, -0.25) is 9.59 Å². The first-order valence-corrected chi connectivity index (χ1v) is 21.2. The second-order valence-corrected chi connectivity index (χ2v) is 16.6. The number of carbonyl (C=O) groups excluding carboxylic acids is 2. The summed E-state index contributed by atoms with van der Waals surface area (Å²) in [4.78, 5) is 73.8. The van der Waals surface area contributed by atoms with Gasteiger partial charge in [-0.15, -0.1) is 0 Å². The average Bonchev–Trinajstić information content (AvgIpc) is 4.11. The van der Waals surface area contributed by atoms with Crippen LogP contribution in [0.5, 0.6) is 0 Å². The lowest BCUT2D eigenvalue weighted by molar-refractivity contribution is -0.136. The summed E-state index contributed by atoms with van der Waals surface area (Å²) >= 11 is 0. The molecule has 4 saturated heterocycles. The molecule has 6 N–H and O–H groups in total. The van der Waals surface area contributed by atoms with Crippen LogP contribution in [0, 0.1) is 11.8 Å². The predicted octanol–water partition coefficient (Wildman–Crippen LogP) is 5.32. The number of rotatable bonds is 13. The van der Waals surface area contributed by atoms with Gasteiger partial charge in [-0.05, 0) is 86.1 Å². The van der Waals surface area contributed by atoms with E-state index in [4.69, 9.17) is 19.4 Å². The van der Waals surface area contributed by atoms with Crippen molar-refractivity contribution < 1.29 is 38.9 Å². The summed E-state index contributed by atoms with van der Waals surface area (Å²) < 4.78 is 11.0. The highest BCUT2D eigenvalue weighted by atomic mass is 16.5. The van der Waals surface area contributed by atoms with E-state index in [-0.39, 0.29) is 35.7 Å². The van der Waals surface area contributed by atoms with Crippen LogP contribution in [0.25, 0.3) is 22.1 Å². The Hall–Kier alpha value is -6.20. The Balaban J connectivity index is 0.923. The zero-order chi connectivity index (χ0) is 42.0. The zero-order valence-corrected chi connectivity index (χ0v) is 33.8. The average molecular weight is 834 g/mol. The number of aromatic nitrogens is 4. The van der Waals surface area contributed by atoms with Crippen molar-refractivity contribution in [3.05, 3.63) is 89.5 Å². The molecule has 4 aliphatic rings. The molecule has 5 aromatic rings. The van der Waals surface area contributed by atoms with Crippen molar-refractivity contribution in [2.24, 2.45) is 11.8 Å². The van der Waals surface area contributed by atoms with Gasteiger partial charge in [0.2, 0.25) is 11.8 Å². The van der Waals surface area contributed by atoms with E-state index in [0.717, 1.165) is 64.6 Å². The lowest BCUT2D eigenvalue weighted by Crippen LogP contribution is -2.52. The first-order chi connectivity index (χ1) is 29.7. The Kier molecular flexibility index (Phi) is 11.5. The molecule has 3 unspecified atom stereocenters. The minimum absolute atomic E-state index is 0.212. The van der Waals surface area contributed by atoms with Gasteiger partial charge >= 0.3 is 12.2 Å². The molecule has 17 heteroatoms. The van der Waals surface area contributed by atoms with Crippen LogP contribution in [0.4, 0.5) is 15.3 Å². The van der Waals surface area contributed by atoms with Gasteiger partial charge in [0.25, 0.3) is 0 Å². The number of nitrogens with zero attached hydrogens (tertiary/aromatic N) is 5. The third-order valence-electron chi connectivity index (χ3n) is 12.7. The number of nitrogens with one attached hydrogen (secondary N) is 4. The Morgan fingerprint density at radius 3 is 1.59 bits per heavy atom. The number of imidazole rings is 2. The minimum Gasteiger partial charge on any atom is -0.465 e. The molecule has 17 nitrogen and oxygen atoms in total. The fourth-order valence-corrected chi connectivity index (χ4v) is 9.62. The summed E-state index contributed by atoms with van der Waals surface area (Å²) in [5, 5.41) is 24.0. The van der Waals surface area contributed by atoms with E-state index in [2.05, 4.69) is 61.9 Å². The van der Waals surface area contributed by atoms with Crippen LogP contribution in [-0.4, -0.2) is 116 Å². The lowest BCUT2D eigenvalue weighted by Gasteiger charge is -2.30. The number of H-pyrrole nitrogens is 2. The van der Waals surface area contributed by atoms with Crippen LogP contribution in [0.1, 0.15) is 73.4 Å². The summed E-state index contributed by atoms with van der Waals surface area (Å²) in [6.07, 6.45) is 1.82. The number of aromatic amines is 2. The van der Waals surface area contributed by atoms with Gasteiger partial charge in [-0.25, -0.2) is 19.6 Å². The van der Waals surface area contributed by atoms with E-state index in [1.807, 2.05) is 30.3 Å². The van der Waals surface area contributed by atoms with Crippen molar-refractivity contribution >= 4 is 51.8 Å². The molecular formula is C44H51N9O8. The summed E-state index contributed by atoms with van der Waals surface area (Å²) in [5.74, 6) is 0.466. The third-order valence-corrected chi connectivity index (χ3v) is 12.7. The first kappa shape index (κ1) is 40.2. The maximum Gasteiger partial charge on any atom is 0.405 e. The molecule has 6 atom stereocenters. The number of likely N-dealkylation sites (tertiary alicyclic amines) is 2. The van der Waals surface area contributed by atoms with Crippen molar-refractivity contribution in [1.29, 1.82) is 0 Å². The number of ether oxygens (including phenoxy) is 2. The molecule has 4 amide bonds. The highest BCUT2D eigenvalue weighted by molar-refractivity contribution is 5.87. The van der Waals surface area contributed by atoms with Gasteiger partial charge < -0.3 is 55.0 Å². The molecule has 61 heavy (non-hydrogen) atoms. The summed E-state index contributed by atoms with van der Waals surface area (Å²) in [5.41, 5.74) is 6.44. The summed E-state index contributed by atoms with van der Waals surface area (Å²) in [7, 11) is 0. The van der Waals surface area contributed by atoms with E-state index in [0.29, 0.717) is 77.1 Å². The van der Waals surface area contributed by atoms with E-state index >= 15 is 0 Å². The molecule has 0 aliphatic carbocycles. The normalized spacial score (nSPS) is 22.5. The molecule has 6 heterocycles. The van der Waals surface area contributed by atoms with Crippen molar-refractivity contribution in [3.63, 3.8) is 0 Å². The first-order valence-electron chi connectivity index (χ1n) is 21.2. The van der Waals surface area contributed by atoms with E-state index in [1.54, 1.807) is 9.80 Å². The lowest BCUT2D eigenvalue weighted by atomic mass is 9.97. The molecule has 4 aliphatic heterocycles.